The molecule has 0 spiro atoms. The molecule has 7 nitrogen and oxygen atoms in total. The van der Waals surface area contributed by atoms with Gasteiger partial charge in [-0.05, 0) is 90.2 Å². The fourth-order valence-corrected chi connectivity index (χ4v) is 6.26. The van der Waals surface area contributed by atoms with E-state index in [1.807, 2.05) is 30.0 Å². The molecule has 1 amide bonds. The topological polar surface area (TPSA) is 64.1 Å². The van der Waals surface area contributed by atoms with Crippen molar-refractivity contribution < 1.29 is 32.2 Å². The number of benzene rings is 4. The van der Waals surface area contributed by atoms with Crippen molar-refractivity contribution in [2.24, 2.45) is 0 Å². The van der Waals surface area contributed by atoms with Crippen LogP contribution in [0.3, 0.4) is 0 Å². The molecule has 4 aromatic carbocycles. The zero-order valence-electron chi connectivity index (χ0n) is 30.5. The first-order valence-electron chi connectivity index (χ1n) is 17.7. The lowest BCUT2D eigenvalue weighted by Gasteiger charge is -2.34. The normalized spacial score (nSPS) is 13.4. The monoisotopic (exact) mass is 791 g/mol. The van der Waals surface area contributed by atoms with Gasteiger partial charge in [0.25, 0.3) is 0 Å². The number of alkyl halides is 3. The van der Waals surface area contributed by atoms with E-state index in [9.17, 15) is 18.0 Å². The third kappa shape index (κ3) is 12.0. The minimum absolute atomic E-state index is 0. The second kappa shape index (κ2) is 19.0. The summed E-state index contributed by atoms with van der Waals surface area (Å²) in [6.45, 7) is 8.36. The minimum Gasteiger partial charge on any atom is -0.493 e. The number of aryl methyl sites for hydroxylation is 2. The Balaban J connectivity index is 0.00000580. The molecule has 0 saturated carbocycles. The Labute approximate surface area is 330 Å². The third-order valence-corrected chi connectivity index (χ3v) is 9.35. The van der Waals surface area contributed by atoms with Crippen LogP contribution in [-0.2, 0) is 30.5 Å². The molecule has 5 aromatic rings. The lowest BCUT2D eigenvalue weighted by Crippen LogP contribution is -2.47. The molecule has 0 unspecified atom stereocenters. The number of nitrogens with zero attached hydrogens (tertiary/aromatic N) is 3. The number of piperazine rings is 1. The largest absolute Gasteiger partial charge is 0.493 e. The predicted molar refractivity (Wildman–Crippen MR) is 211 cm³/mol. The van der Waals surface area contributed by atoms with Crippen molar-refractivity contribution in [2.45, 2.75) is 39.6 Å². The molecule has 0 radical (unpaired) electrons. The maximum Gasteiger partial charge on any atom is 0.416 e. The molecular formula is C43H42Cl2F3N3O4. The van der Waals surface area contributed by atoms with E-state index < -0.39 is 11.7 Å². The van der Waals surface area contributed by atoms with Gasteiger partial charge in [-0.25, -0.2) is 4.98 Å². The summed E-state index contributed by atoms with van der Waals surface area (Å²) in [5.74, 6) is 1.99. The number of hydrogen-bond donors (Lipinski definition) is 0. The van der Waals surface area contributed by atoms with Crippen molar-refractivity contribution in [3.8, 4) is 23.1 Å². The second-order valence-corrected chi connectivity index (χ2v) is 13.6. The number of amides is 1. The quantitative estimate of drug-likeness (QED) is 0.111. The summed E-state index contributed by atoms with van der Waals surface area (Å²) in [5.41, 5.74) is 5.10. The Morgan fingerprint density at radius 1 is 0.818 bits per heavy atom. The molecule has 288 valence electrons. The first-order valence-corrected chi connectivity index (χ1v) is 18.1. The number of rotatable bonds is 13. The lowest BCUT2D eigenvalue weighted by atomic mass is 10.1. The molecule has 1 saturated heterocycles. The van der Waals surface area contributed by atoms with Crippen molar-refractivity contribution in [3.63, 3.8) is 0 Å². The van der Waals surface area contributed by atoms with E-state index in [4.69, 9.17) is 25.8 Å². The SMILES string of the molecule is Cc1ccc(OCCc2ccc(CN3CCN(C(=O)C=Cc4cc(C)c(Oc5ccc(OCc6ccc(C(F)(F)F)cc6)cn5)c(Cl)c4)CC3)cc2)cc1.Cl. The van der Waals surface area contributed by atoms with Gasteiger partial charge in [-0.1, -0.05) is 65.7 Å². The second-order valence-electron chi connectivity index (χ2n) is 13.2. The number of halogens is 5. The van der Waals surface area contributed by atoms with E-state index in [1.165, 1.54) is 35.0 Å². The predicted octanol–water partition coefficient (Wildman–Crippen LogP) is 10.1. The molecule has 0 bridgehead atoms. The molecule has 2 heterocycles. The maximum absolute atomic E-state index is 13.0. The molecule has 0 aliphatic carbocycles. The number of carbonyl (C=O) groups is 1. The molecular weight excluding hydrogens is 750 g/mol. The molecule has 12 heteroatoms. The van der Waals surface area contributed by atoms with Crippen LogP contribution < -0.4 is 14.2 Å². The summed E-state index contributed by atoms with van der Waals surface area (Å²) in [7, 11) is 0. The molecule has 1 aromatic heterocycles. The van der Waals surface area contributed by atoms with Gasteiger partial charge < -0.3 is 19.1 Å². The van der Waals surface area contributed by atoms with E-state index >= 15 is 0 Å². The van der Waals surface area contributed by atoms with Gasteiger partial charge in [0.1, 0.15) is 18.1 Å². The van der Waals surface area contributed by atoms with Crippen LogP contribution in [0, 0.1) is 13.8 Å². The fourth-order valence-electron chi connectivity index (χ4n) is 5.95. The zero-order valence-corrected chi connectivity index (χ0v) is 32.1. The van der Waals surface area contributed by atoms with Crippen molar-refractivity contribution >= 4 is 36.0 Å². The van der Waals surface area contributed by atoms with Gasteiger partial charge in [0.05, 0.1) is 23.4 Å². The summed E-state index contributed by atoms with van der Waals surface area (Å²) < 4.78 is 55.9. The molecule has 55 heavy (non-hydrogen) atoms. The Morgan fingerprint density at radius 3 is 2.11 bits per heavy atom. The molecule has 1 aliphatic heterocycles. The zero-order chi connectivity index (χ0) is 38.1. The number of hydrogen-bond acceptors (Lipinski definition) is 6. The highest BCUT2D eigenvalue weighted by Crippen LogP contribution is 2.34. The number of ether oxygens (including phenoxy) is 3. The van der Waals surface area contributed by atoms with Crippen molar-refractivity contribution in [3.05, 3.63) is 153 Å². The van der Waals surface area contributed by atoms with Gasteiger partial charge >= 0.3 is 6.18 Å². The van der Waals surface area contributed by atoms with E-state index in [2.05, 4.69) is 53.2 Å². The summed E-state index contributed by atoms with van der Waals surface area (Å²) in [4.78, 5) is 21.5. The lowest BCUT2D eigenvalue weighted by molar-refractivity contribution is -0.137. The van der Waals surface area contributed by atoms with E-state index in [1.54, 1.807) is 30.4 Å². The van der Waals surface area contributed by atoms with Gasteiger partial charge in [-0.3, -0.25) is 9.69 Å². The average molecular weight is 793 g/mol. The Morgan fingerprint density at radius 2 is 1.47 bits per heavy atom. The van der Waals surface area contributed by atoms with E-state index in [-0.39, 0.29) is 30.8 Å². The third-order valence-electron chi connectivity index (χ3n) is 9.07. The highest BCUT2D eigenvalue weighted by atomic mass is 35.5. The van der Waals surface area contributed by atoms with Crippen LogP contribution in [0.2, 0.25) is 5.02 Å². The Kier molecular flexibility index (Phi) is 14.2. The molecule has 1 aliphatic rings. The fraction of sp³-hybridized carbons (Fsp3) is 0.256. The minimum atomic E-state index is -4.39. The van der Waals surface area contributed by atoms with Crippen LogP contribution in [0.25, 0.3) is 6.08 Å². The smallest absolute Gasteiger partial charge is 0.416 e. The van der Waals surface area contributed by atoms with Crippen LogP contribution >= 0.6 is 24.0 Å². The summed E-state index contributed by atoms with van der Waals surface area (Å²) >= 11 is 6.59. The molecule has 0 atom stereocenters. The van der Waals surface area contributed by atoms with Gasteiger partial charge in [0.15, 0.2) is 5.75 Å². The van der Waals surface area contributed by atoms with Crippen LogP contribution in [0.15, 0.2) is 109 Å². The number of aromatic nitrogens is 1. The van der Waals surface area contributed by atoms with Crippen molar-refractivity contribution in [1.82, 2.24) is 14.8 Å². The first-order chi connectivity index (χ1) is 26.0. The van der Waals surface area contributed by atoms with Gasteiger partial charge in [0.2, 0.25) is 11.8 Å². The number of carbonyl (C=O) groups excluding carboxylic acids is 1. The Hall–Kier alpha value is -5.03. The van der Waals surface area contributed by atoms with E-state index in [0.29, 0.717) is 41.8 Å². The average Bonchev–Trinajstić information content (AvgIpc) is 3.16. The molecule has 6 rings (SSSR count). The highest BCUT2D eigenvalue weighted by molar-refractivity contribution is 6.32. The molecule has 1 fully saturated rings. The van der Waals surface area contributed by atoms with Gasteiger partial charge in [-0.2, -0.15) is 13.2 Å². The highest BCUT2D eigenvalue weighted by Gasteiger charge is 2.30. The first kappa shape index (κ1) is 41.1. The van der Waals surface area contributed by atoms with Crippen molar-refractivity contribution in [1.29, 1.82) is 0 Å². The summed E-state index contributed by atoms with van der Waals surface area (Å²) in [6.07, 6.45) is 1.26. The Bertz CT molecular complexity index is 2010. The van der Waals surface area contributed by atoms with E-state index in [0.717, 1.165) is 55.1 Å². The molecule has 0 N–H and O–H groups in total. The van der Waals surface area contributed by atoms with Crippen LogP contribution in [0.1, 0.15) is 38.9 Å². The summed E-state index contributed by atoms with van der Waals surface area (Å²) in [6, 6.07) is 28.4. The standard InChI is InChI=1S/C43H41ClF3N3O4.ClH/c1-30-3-14-37(15-4-30)52-24-19-32-5-7-33(8-6-32)28-49-20-22-50(23-21-49)41(51)18-11-35-25-31(2)42(39(44)26-35)54-40-17-16-38(27-48-40)53-29-34-9-12-36(13-10-34)43(45,46)47;/h3-18,25-27H,19-24,28-29H2,1-2H3;1H. The maximum atomic E-state index is 13.0. The van der Waals surface area contributed by atoms with Crippen molar-refractivity contribution in [2.75, 3.05) is 32.8 Å². The van der Waals surface area contributed by atoms with Gasteiger partial charge in [0, 0.05) is 51.3 Å². The number of pyridine rings is 1. The van der Waals surface area contributed by atoms with Crippen LogP contribution in [0.5, 0.6) is 23.1 Å². The van der Waals surface area contributed by atoms with Gasteiger partial charge in [-0.15, -0.1) is 12.4 Å². The summed E-state index contributed by atoms with van der Waals surface area (Å²) in [5, 5.41) is 0.365. The van der Waals surface area contributed by atoms with Crippen LogP contribution in [0.4, 0.5) is 13.2 Å². The van der Waals surface area contributed by atoms with Crippen LogP contribution in [-0.4, -0.2) is 53.5 Å².